The predicted molar refractivity (Wildman–Crippen MR) is 104 cm³/mol. The molecule has 148 valence electrons. The van der Waals surface area contributed by atoms with E-state index in [9.17, 15) is 19.7 Å². The molecule has 10 heteroatoms. The summed E-state index contributed by atoms with van der Waals surface area (Å²) in [6.07, 6.45) is 4.87. The van der Waals surface area contributed by atoms with Crippen LogP contribution in [0, 0.1) is 10.1 Å². The minimum Gasteiger partial charge on any atom is -0.392 e. The fourth-order valence-electron chi connectivity index (χ4n) is 3.25. The zero-order chi connectivity index (χ0) is 20.3. The molecule has 0 bridgehead atoms. The molecule has 2 N–H and O–H groups in total. The van der Waals surface area contributed by atoms with Crippen LogP contribution in [0.3, 0.4) is 0 Å². The van der Waals surface area contributed by atoms with E-state index < -0.39 is 21.9 Å². The molecule has 0 atom stereocenters. The summed E-state index contributed by atoms with van der Waals surface area (Å²) in [4.78, 5) is 37.6. The number of aromatic amines is 1. The van der Waals surface area contributed by atoms with Gasteiger partial charge >= 0.3 is 16.9 Å². The van der Waals surface area contributed by atoms with Gasteiger partial charge in [0.2, 0.25) is 5.82 Å². The van der Waals surface area contributed by atoms with Gasteiger partial charge in [-0.1, -0.05) is 37.1 Å². The number of aliphatic hydroxyl groups excluding tert-OH is 1. The first-order valence-electron chi connectivity index (χ1n) is 8.93. The molecular formula is C18H21N5O5. The fourth-order valence-corrected chi connectivity index (χ4v) is 3.25. The summed E-state index contributed by atoms with van der Waals surface area (Å²) in [5.41, 5.74) is -0.961. The third-order valence-corrected chi connectivity index (χ3v) is 4.84. The van der Waals surface area contributed by atoms with E-state index in [0.717, 1.165) is 31.2 Å². The number of hydrogen-bond acceptors (Lipinski definition) is 7. The Kier molecular flexibility index (Phi) is 5.69. The van der Waals surface area contributed by atoms with Crippen molar-refractivity contribution in [1.82, 2.24) is 9.55 Å². The number of nitrogens with one attached hydrogen (secondary N) is 1. The number of hydrogen-bond donors (Lipinski definition) is 2. The van der Waals surface area contributed by atoms with E-state index in [-0.39, 0.29) is 18.5 Å². The highest BCUT2D eigenvalue weighted by atomic mass is 16.6. The van der Waals surface area contributed by atoms with Crippen LogP contribution < -0.4 is 16.3 Å². The maximum atomic E-state index is 12.3. The van der Waals surface area contributed by atoms with E-state index in [2.05, 4.69) is 10.1 Å². The molecule has 0 radical (unpaired) electrons. The Morgan fingerprint density at radius 1 is 1.32 bits per heavy atom. The lowest BCUT2D eigenvalue weighted by Crippen LogP contribution is -2.39. The standard InChI is InChI=1S/C18H21N5O5/c1-21-17(25)15(23(27)28)16(20-18(21)26)22(14-4-2-3-5-14)19-10-12-6-8-13(11-24)9-7-12/h6-10,14,24H,2-5,11H2,1H3,(H,20,26). The van der Waals surface area contributed by atoms with Crippen molar-refractivity contribution >= 4 is 17.7 Å². The topological polar surface area (TPSA) is 134 Å². The smallest absolute Gasteiger partial charge is 0.376 e. The number of benzene rings is 1. The Morgan fingerprint density at radius 2 is 1.96 bits per heavy atom. The van der Waals surface area contributed by atoms with Gasteiger partial charge in [-0.2, -0.15) is 5.10 Å². The lowest BCUT2D eigenvalue weighted by molar-refractivity contribution is -0.386. The van der Waals surface area contributed by atoms with Crippen molar-refractivity contribution in [2.75, 3.05) is 5.01 Å². The van der Waals surface area contributed by atoms with E-state index >= 15 is 0 Å². The van der Waals surface area contributed by atoms with Crippen LogP contribution in [0.1, 0.15) is 36.8 Å². The molecular weight excluding hydrogens is 366 g/mol. The van der Waals surface area contributed by atoms with Crippen LogP contribution in [0.15, 0.2) is 39.0 Å². The quantitative estimate of drug-likeness (QED) is 0.435. The Morgan fingerprint density at radius 3 is 2.54 bits per heavy atom. The molecule has 10 nitrogen and oxygen atoms in total. The van der Waals surface area contributed by atoms with E-state index in [4.69, 9.17) is 5.11 Å². The molecule has 1 saturated carbocycles. The third kappa shape index (κ3) is 3.86. The average molecular weight is 387 g/mol. The van der Waals surface area contributed by atoms with Crippen LogP contribution in [-0.2, 0) is 13.7 Å². The van der Waals surface area contributed by atoms with Gasteiger partial charge in [0.25, 0.3) is 0 Å². The maximum Gasteiger partial charge on any atom is 0.376 e. The van der Waals surface area contributed by atoms with Crippen LogP contribution in [0.4, 0.5) is 11.5 Å². The highest BCUT2D eigenvalue weighted by Crippen LogP contribution is 2.30. The summed E-state index contributed by atoms with van der Waals surface area (Å²) < 4.78 is 0.672. The lowest BCUT2D eigenvalue weighted by Gasteiger charge is -2.24. The van der Waals surface area contributed by atoms with E-state index in [1.54, 1.807) is 24.3 Å². The first-order chi connectivity index (χ1) is 13.4. The summed E-state index contributed by atoms with van der Waals surface area (Å²) in [7, 11) is 1.18. The van der Waals surface area contributed by atoms with E-state index in [0.29, 0.717) is 10.1 Å². The van der Waals surface area contributed by atoms with Crippen LogP contribution in [-0.4, -0.2) is 31.8 Å². The molecule has 0 saturated heterocycles. The van der Waals surface area contributed by atoms with Gasteiger partial charge in [-0.05, 0) is 24.0 Å². The predicted octanol–water partition coefficient (Wildman–Crippen LogP) is 1.26. The van der Waals surface area contributed by atoms with Crippen molar-refractivity contribution in [3.05, 3.63) is 66.3 Å². The summed E-state index contributed by atoms with van der Waals surface area (Å²) in [5.74, 6) is -0.201. The van der Waals surface area contributed by atoms with Gasteiger partial charge in [0.1, 0.15) is 0 Å². The minimum atomic E-state index is -0.978. The van der Waals surface area contributed by atoms with E-state index in [1.165, 1.54) is 18.3 Å². The van der Waals surface area contributed by atoms with Crippen LogP contribution in [0.2, 0.25) is 0 Å². The SMILES string of the molecule is Cn1c(=O)[nH]c(N(N=Cc2ccc(CO)cc2)C2CCCC2)c([N+](=O)[O-])c1=O. The van der Waals surface area contributed by atoms with Crippen molar-refractivity contribution in [1.29, 1.82) is 0 Å². The van der Waals surface area contributed by atoms with Crippen molar-refractivity contribution in [3.63, 3.8) is 0 Å². The van der Waals surface area contributed by atoms with Crippen molar-refractivity contribution < 1.29 is 10.0 Å². The average Bonchev–Trinajstić information content (AvgIpc) is 3.21. The number of H-pyrrole nitrogens is 1. The number of aromatic nitrogens is 2. The Balaban J connectivity index is 2.08. The largest absolute Gasteiger partial charge is 0.392 e. The number of anilines is 1. The first-order valence-corrected chi connectivity index (χ1v) is 8.93. The third-order valence-electron chi connectivity index (χ3n) is 4.84. The Bertz CT molecular complexity index is 1000. The molecule has 1 heterocycles. The van der Waals surface area contributed by atoms with Gasteiger partial charge in [0, 0.05) is 7.05 Å². The van der Waals surface area contributed by atoms with Gasteiger partial charge in [-0.25, -0.2) is 9.80 Å². The molecule has 1 aromatic heterocycles. The number of aliphatic hydroxyl groups is 1. The van der Waals surface area contributed by atoms with E-state index in [1.807, 2.05) is 0 Å². The minimum absolute atomic E-state index is 0.0770. The van der Waals surface area contributed by atoms with Crippen molar-refractivity contribution in [3.8, 4) is 0 Å². The molecule has 0 unspecified atom stereocenters. The molecule has 2 aromatic rings. The van der Waals surface area contributed by atoms with Gasteiger partial charge < -0.3 is 5.11 Å². The zero-order valence-corrected chi connectivity index (χ0v) is 15.4. The second kappa shape index (κ2) is 8.17. The summed E-state index contributed by atoms with van der Waals surface area (Å²) >= 11 is 0. The second-order valence-corrected chi connectivity index (χ2v) is 6.68. The Hall–Kier alpha value is -3.27. The molecule has 3 rings (SSSR count). The van der Waals surface area contributed by atoms with Gasteiger partial charge in [0.15, 0.2) is 0 Å². The molecule has 0 amide bonds. The monoisotopic (exact) mass is 387 g/mol. The second-order valence-electron chi connectivity index (χ2n) is 6.68. The maximum absolute atomic E-state index is 12.3. The molecule has 1 aliphatic rings. The van der Waals surface area contributed by atoms with Crippen molar-refractivity contribution in [2.24, 2.45) is 12.1 Å². The molecule has 1 aromatic carbocycles. The summed E-state index contributed by atoms with van der Waals surface area (Å²) in [6.45, 7) is -0.0770. The molecule has 28 heavy (non-hydrogen) atoms. The summed E-state index contributed by atoms with van der Waals surface area (Å²) in [5, 5.41) is 26.4. The Labute approximate surface area is 159 Å². The number of nitrogens with zero attached hydrogens (tertiary/aromatic N) is 4. The molecule has 0 aliphatic heterocycles. The molecule has 0 spiro atoms. The van der Waals surface area contributed by atoms with Gasteiger partial charge in [-0.15, -0.1) is 0 Å². The normalized spacial score (nSPS) is 14.6. The zero-order valence-electron chi connectivity index (χ0n) is 15.4. The van der Waals surface area contributed by atoms with Crippen LogP contribution >= 0.6 is 0 Å². The van der Waals surface area contributed by atoms with Crippen LogP contribution in [0.25, 0.3) is 0 Å². The fraction of sp³-hybridized carbons (Fsp3) is 0.389. The molecule has 1 fully saturated rings. The first kappa shape index (κ1) is 19.5. The molecule has 1 aliphatic carbocycles. The number of rotatable bonds is 6. The number of nitro groups is 1. The highest BCUT2D eigenvalue weighted by molar-refractivity contribution is 5.80. The van der Waals surface area contributed by atoms with Crippen LogP contribution in [0.5, 0.6) is 0 Å². The summed E-state index contributed by atoms with van der Waals surface area (Å²) in [6, 6.07) is 6.83. The highest BCUT2D eigenvalue weighted by Gasteiger charge is 2.32. The van der Waals surface area contributed by atoms with Crippen molar-refractivity contribution in [2.45, 2.75) is 38.3 Å². The van der Waals surface area contributed by atoms with Gasteiger partial charge in [0.05, 0.1) is 23.8 Å². The van der Waals surface area contributed by atoms with Gasteiger partial charge in [-0.3, -0.25) is 24.5 Å². The lowest BCUT2D eigenvalue weighted by atomic mass is 10.1. The number of hydrazone groups is 1.